The first-order chi connectivity index (χ1) is 8.79. The molecule has 1 aromatic heterocycles. The maximum Gasteiger partial charge on any atom is 0.416 e. The van der Waals surface area contributed by atoms with Crippen molar-refractivity contribution in [3.8, 4) is 5.69 Å². The lowest BCUT2D eigenvalue weighted by Gasteiger charge is -2.09. The van der Waals surface area contributed by atoms with Crippen LogP contribution in [0.1, 0.15) is 22.0 Å². The van der Waals surface area contributed by atoms with Crippen LogP contribution >= 0.6 is 0 Å². The molecule has 8 heteroatoms. The van der Waals surface area contributed by atoms with Gasteiger partial charge in [-0.1, -0.05) is 6.07 Å². The van der Waals surface area contributed by atoms with E-state index in [0.717, 1.165) is 16.8 Å². The van der Waals surface area contributed by atoms with E-state index in [9.17, 15) is 23.1 Å². The van der Waals surface area contributed by atoms with Crippen LogP contribution in [0.5, 0.6) is 0 Å². The maximum absolute atomic E-state index is 12.6. The molecule has 0 saturated heterocycles. The molecule has 0 N–H and O–H groups in total. The van der Waals surface area contributed by atoms with E-state index in [0.29, 0.717) is 0 Å². The standard InChI is InChI=1S/C11H8F3N3O2/c1-6-15-9(10(18)19)16-17(6)8-4-2-3-7(5-8)11(12,13)14/h2-5H,1H3,(H,18,19)/p-1. The van der Waals surface area contributed by atoms with Gasteiger partial charge in [-0.15, -0.1) is 5.10 Å². The summed E-state index contributed by atoms with van der Waals surface area (Å²) in [6.07, 6.45) is -4.48. The number of aryl methyl sites for hydroxylation is 1. The third-order valence-electron chi connectivity index (χ3n) is 2.37. The molecule has 1 heterocycles. The minimum atomic E-state index is -4.48. The Morgan fingerprint density at radius 1 is 1.37 bits per heavy atom. The van der Waals surface area contributed by atoms with Gasteiger partial charge in [-0.2, -0.15) is 13.2 Å². The number of aromatic carboxylic acids is 1. The summed E-state index contributed by atoms with van der Waals surface area (Å²) >= 11 is 0. The molecule has 0 aliphatic rings. The average molecular weight is 270 g/mol. The van der Waals surface area contributed by atoms with Gasteiger partial charge in [0.05, 0.1) is 11.3 Å². The zero-order valence-electron chi connectivity index (χ0n) is 9.60. The Morgan fingerprint density at radius 2 is 2.05 bits per heavy atom. The summed E-state index contributed by atoms with van der Waals surface area (Å²) in [6, 6.07) is 4.35. The number of rotatable bonds is 2. The lowest BCUT2D eigenvalue weighted by molar-refractivity contribution is -0.256. The van der Waals surface area contributed by atoms with Gasteiger partial charge < -0.3 is 9.90 Å². The Balaban J connectivity index is 2.50. The number of carboxylic acids is 1. The molecule has 0 amide bonds. The summed E-state index contributed by atoms with van der Waals surface area (Å²) in [5.41, 5.74) is -0.776. The van der Waals surface area contributed by atoms with Crippen LogP contribution in [-0.2, 0) is 6.18 Å². The number of carbonyl (C=O) groups excluding carboxylic acids is 1. The SMILES string of the molecule is Cc1nc(C(=O)[O-])nn1-c1cccc(C(F)(F)F)c1. The van der Waals surface area contributed by atoms with Crippen LogP contribution in [0.15, 0.2) is 24.3 Å². The molecule has 0 aliphatic heterocycles. The predicted molar refractivity (Wildman–Crippen MR) is 55.4 cm³/mol. The van der Waals surface area contributed by atoms with Crippen LogP contribution in [-0.4, -0.2) is 20.7 Å². The van der Waals surface area contributed by atoms with Gasteiger partial charge in [0.25, 0.3) is 0 Å². The van der Waals surface area contributed by atoms with Crippen molar-refractivity contribution in [2.45, 2.75) is 13.1 Å². The third kappa shape index (κ3) is 2.56. The molecular formula is C11H7F3N3O2-. The van der Waals surface area contributed by atoms with Crippen molar-refractivity contribution in [3.63, 3.8) is 0 Å². The van der Waals surface area contributed by atoms with E-state index in [1.54, 1.807) is 0 Å². The van der Waals surface area contributed by atoms with Gasteiger partial charge in [-0.25, -0.2) is 9.67 Å². The maximum atomic E-state index is 12.6. The lowest BCUT2D eigenvalue weighted by atomic mass is 10.2. The molecule has 2 rings (SSSR count). The first-order valence-electron chi connectivity index (χ1n) is 5.11. The highest BCUT2D eigenvalue weighted by Crippen LogP contribution is 2.30. The van der Waals surface area contributed by atoms with Gasteiger partial charge in [0.1, 0.15) is 11.8 Å². The van der Waals surface area contributed by atoms with Gasteiger partial charge in [0.2, 0.25) is 0 Å². The Labute approximate surface area is 105 Å². The van der Waals surface area contributed by atoms with Crippen molar-refractivity contribution in [2.24, 2.45) is 0 Å². The minimum Gasteiger partial charge on any atom is -0.541 e. The zero-order chi connectivity index (χ0) is 14.2. The molecule has 1 aromatic carbocycles. The van der Waals surface area contributed by atoms with E-state index in [1.165, 1.54) is 19.1 Å². The number of carboxylic acid groups (broad SMARTS) is 1. The number of aromatic nitrogens is 3. The van der Waals surface area contributed by atoms with Gasteiger partial charge in [-0.05, 0) is 25.1 Å². The van der Waals surface area contributed by atoms with Crippen molar-refractivity contribution >= 4 is 5.97 Å². The first kappa shape index (κ1) is 13.1. The smallest absolute Gasteiger partial charge is 0.416 e. The van der Waals surface area contributed by atoms with Crippen molar-refractivity contribution in [1.82, 2.24) is 14.8 Å². The van der Waals surface area contributed by atoms with Crippen molar-refractivity contribution in [1.29, 1.82) is 0 Å². The van der Waals surface area contributed by atoms with Crippen LogP contribution in [0, 0.1) is 6.92 Å². The normalized spacial score (nSPS) is 11.6. The number of nitrogens with zero attached hydrogens (tertiary/aromatic N) is 3. The second kappa shape index (κ2) is 4.38. The number of halogens is 3. The Kier molecular flexibility index (Phi) is 3.01. The predicted octanol–water partition coefficient (Wildman–Crippen LogP) is 0.958. The Morgan fingerprint density at radius 3 is 2.58 bits per heavy atom. The second-order valence-electron chi connectivity index (χ2n) is 3.73. The summed E-state index contributed by atoms with van der Waals surface area (Å²) in [4.78, 5) is 14.2. The fraction of sp³-hybridized carbons (Fsp3) is 0.182. The molecule has 19 heavy (non-hydrogen) atoms. The zero-order valence-corrected chi connectivity index (χ0v) is 9.60. The molecule has 0 saturated carbocycles. The van der Waals surface area contributed by atoms with Crippen LogP contribution < -0.4 is 5.11 Å². The summed E-state index contributed by atoms with van der Waals surface area (Å²) in [5, 5.41) is 14.2. The highest BCUT2D eigenvalue weighted by molar-refractivity contribution is 5.80. The summed E-state index contributed by atoms with van der Waals surface area (Å²) < 4.78 is 38.7. The highest BCUT2D eigenvalue weighted by atomic mass is 19.4. The van der Waals surface area contributed by atoms with E-state index in [-0.39, 0.29) is 11.5 Å². The van der Waals surface area contributed by atoms with Crippen LogP contribution in [0.25, 0.3) is 5.69 Å². The van der Waals surface area contributed by atoms with E-state index in [2.05, 4.69) is 10.1 Å². The summed E-state index contributed by atoms with van der Waals surface area (Å²) in [7, 11) is 0. The van der Waals surface area contributed by atoms with Gasteiger partial charge in [0, 0.05) is 0 Å². The lowest BCUT2D eigenvalue weighted by Crippen LogP contribution is -2.24. The van der Waals surface area contributed by atoms with E-state index in [4.69, 9.17) is 0 Å². The molecule has 0 aliphatic carbocycles. The van der Waals surface area contributed by atoms with Crippen molar-refractivity contribution < 1.29 is 23.1 Å². The largest absolute Gasteiger partial charge is 0.541 e. The number of hydrogen-bond donors (Lipinski definition) is 0. The number of carbonyl (C=O) groups is 1. The fourth-order valence-corrected chi connectivity index (χ4v) is 1.54. The van der Waals surface area contributed by atoms with Crippen molar-refractivity contribution in [2.75, 3.05) is 0 Å². The van der Waals surface area contributed by atoms with Gasteiger partial charge >= 0.3 is 6.18 Å². The average Bonchev–Trinajstić information content (AvgIpc) is 2.71. The van der Waals surface area contributed by atoms with E-state index >= 15 is 0 Å². The van der Waals surface area contributed by atoms with Gasteiger partial charge in [0.15, 0.2) is 5.82 Å². The molecule has 0 spiro atoms. The number of hydrogen-bond acceptors (Lipinski definition) is 4. The molecule has 0 atom stereocenters. The summed E-state index contributed by atoms with van der Waals surface area (Å²) in [5.74, 6) is -2.01. The van der Waals surface area contributed by atoms with Crippen molar-refractivity contribution in [3.05, 3.63) is 41.5 Å². The molecule has 0 unspecified atom stereocenters. The second-order valence-corrected chi connectivity index (χ2v) is 3.73. The van der Waals surface area contributed by atoms with Crippen LogP contribution in [0.2, 0.25) is 0 Å². The number of benzene rings is 1. The topological polar surface area (TPSA) is 70.8 Å². The molecule has 100 valence electrons. The number of alkyl halides is 3. The molecular weight excluding hydrogens is 263 g/mol. The van der Waals surface area contributed by atoms with E-state index in [1.807, 2.05) is 0 Å². The first-order valence-corrected chi connectivity index (χ1v) is 5.11. The Hall–Kier alpha value is -2.38. The molecule has 0 radical (unpaired) electrons. The molecule has 5 nitrogen and oxygen atoms in total. The third-order valence-corrected chi connectivity index (χ3v) is 2.37. The van der Waals surface area contributed by atoms with Crippen LogP contribution in [0.4, 0.5) is 13.2 Å². The van der Waals surface area contributed by atoms with E-state index < -0.39 is 23.5 Å². The quantitative estimate of drug-likeness (QED) is 0.814. The van der Waals surface area contributed by atoms with Gasteiger partial charge in [-0.3, -0.25) is 0 Å². The van der Waals surface area contributed by atoms with Crippen LogP contribution in [0.3, 0.4) is 0 Å². The minimum absolute atomic E-state index is 0.0762. The monoisotopic (exact) mass is 270 g/mol. The molecule has 0 bridgehead atoms. The molecule has 0 fully saturated rings. The highest BCUT2D eigenvalue weighted by Gasteiger charge is 2.30. The summed E-state index contributed by atoms with van der Waals surface area (Å²) in [6.45, 7) is 1.43. The Bertz CT molecular complexity index is 634. The fourth-order valence-electron chi connectivity index (χ4n) is 1.54. The molecule has 2 aromatic rings.